The summed E-state index contributed by atoms with van der Waals surface area (Å²) in [6, 6.07) is 2.28. The highest BCUT2D eigenvalue weighted by Crippen LogP contribution is 2.31. The van der Waals surface area contributed by atoms with E-state index in [4.69, 9.17) is 0 Å². The molecule has 0 aliphatic rings. The Labute approximate surface area is 116 Å². The fourth-order valence-corrected chi connectivity index (χ4v) is 4.13. The third-order valence-corrected chi connectivity index (χ3v) is 5.43. The zero-order valence-corrected chi connectivity index (χ0v) is 13.3. The van der Waals surface area contributed by atoms with Gasteiger partial charge >= 0.3 is 0 Å². The zero-order valence-electron chi connectivity index (χ0n) is 10.1. The molecule has 1 atom stereocenters. The summed E-state index contributed by atoms with van der Waals surface area (Å²) in [4.78, 5) is 1.25. The molecule has 0 spiro atoms. The van der Waals surface area contributed by atoms with Crippen molar-refractivity contribution in [2.75, 3.05) is 18.6 Å². The third kappa shape index (κ3) is 5.50. The average Bonchev–Trinajstić information content (AvgIpc) is 2.61. The summed E-state index contributed by atoms with van der Waals surface area (Å²) < 4.78 is 23.3. The van der Waals surface area contributed by atoms with Crippen molar-refractivity contribution in [1.82, 2.24) is 5.32 Å². The first-order valence-electron chi connectivity index (χ1n) is 5.58. The van der Waals surface area contributed by atoms with E-state index in [0.29, 0.717) is 6.42 Å². The molecule has 1 rings (SSSR count). The lowest BCUT2D eigenvalue weighted by molar-refractivity contribution is 0.512. The van der Waals surface area contributed by atoms with Gasteiger partial charge in [-0.2, -0.15) is 0 Å². The fourth-order valence-electron chi connectivity index (χ4n) is 1.68. The highest BCUT2D eigenvalue weighted by atomic mass is 79.9. The Morgan fingerprint density at radius 1 is 1.53 bits per heavy atom. The second kappa shape index (κ2) is 6.87. The van der Waals surface area contributed by atoms with Gasteiger partial charge in [0, 0.05) is 27.4 Å². The molecule has 3 nitrogen and oxygen atoms in total. The summed E-state index contributed by atoms with van der Waals surface area (Å²) in [6.45, 7) is 2.94. The van der Waals surface area contributed by atoms with Gasteiger partial charge in [0.15, 0.2) is 0 Å². The van der Waals surface area contributed by atoms with E-state index < -0.39 is 9.84 Å². The molecule has 6 heteroatoms. The monoisotopic (exact) mass is 339 g/mol. The molecule has 0 saturated carbocycles. The molecule has 0 aromatic carbocycles. The molecule has 17 heavy (non-hydrogen) atoms. The Kier molecular flexibility index (Phi) is 6.12. The van der Waals surface area contributed by atoms with Gasteiger partial charge in [0.2, 0.25) is 0 Å². The molecule has 1 unspecified atom stereocenters. The summed E-state index contributed by atoms with van der Waals surface area (Å²) in [5.41, 5.74) is 0. The smallest absolute Gasteiger partial charge is 0.147 e. The predicted octanol–water partition coefficient (Wildman–Crippen LogP) is 2.99. The van der Waals surface area contributed by atoms with Gasteiger partial charge in [-0.25, -0.2) is 8.42 Å². The van der Waals surface area contributed by atoms with Crippen molar-refractivity contribution in [1.29, 1.82) is 0 Å². The molecular formula is C11H18BrNO2S2. The van der Waals surface area contributed by atoms with Crippen molar-refractivity contribution in [3.63, 3.8) is 0 Å². The molecule has 0 saturated heterocycles. The Morgan fingerprint density at radius 3 is 2.71 bits per heavy atom. The lowest BCUT2D eigenvalue weighted by Crippen LogP contribution is -2.21. The third-order valence-electron chi connectivity index (χ3n) is 2.42. The number of hydrogen-bond acceptors (Lipinski definition) is 4. The van der Waals surface area contributed by atoms with Gasteiger partial charge in [-0.05, 0) is 46.8 Å². The van der Waals surface area contributed by atoms with Crippen molar-refractivity contribution in [3.05, 3.63) is 20.8 Å². The Morgan fingerprint density at radius 2 is 2.24 bits per heavy atom. The van der Waals surface area contributed by atoms with Gasteiger partial charge in [0.05, 0.1) is 0 Å². The summed E-state index contributed by atoms with van der Waals surface area (Å²) in [6.07, 6.45) is 2.83. The second-order valence-corrected chi connectivity index (χ2v) is 8.08. The normalized spacial score (nSPS) is 13.8. The van der Waals surface area contributed by atoms with Crippen LogP contribution in [0.25, 0.3) is 0 Å². The van der Waals surface area contributed by atoms with Crippen molar-refractivity contribution in [2.24, 2.45) is 0 Å². The maximum atomic E-state index is 11.1. The van der Waals surface area contributed by atoms with Crippen molar-refractivity contribution in [3.8, 4) is 0 Å². The van der Waals surface area contributed by atoms with Crippen LogP contribution >= 0.6 is 27.3 Å². The van der Waals surface area contributed by atoms with Crippen LogP contribution in [-0.4, -0.2) is 27.0 Å². The van der Waals surface area contributed by atoms with Crippen molar-refractivity contribution in [2.45, 2.75) is 25.8 Å². The van der Waals surface area contributed by atoms with Gasteiger partial charge in [0.25, 0.3) is 0 Å². The molecule has 0 radical (unpaired) electrons. The first-order valence-corrected chi connectivity index (χ1v) is 9.31. The number of rotatable bonds is 7. The van der Waals surface area contributed by atoms with Crippen LogP contribution in [0.1, 0.15) is 30.7 Å². The van der Waals surface area contributed by atoms with E-state index in [1.165, 1.54) is 11.1 Å². The summed E-state index contributed by atoms with van der Waals surface area (Å²) in [7, 11) is -2.85. The highest BCUT2D eigenvalue weighted by molar-refractivity contribution is 9.10. The van der Waals surface area contributed by atoms with E-state index in [9.17, 15) is 8.42 Å². The van der Waals surface area contributed by atoms with E-state index in [1.54, 1.807) is 11.3 Å². The minimum atomic E-state index is -2.85. The van der Waals surface area contributed by atoms with Gasteiger partial charge in [0.1, 0.15) is 9.84 Å². The van der Waals surface area contributed by atoms with Crippen LogP contribution in [0, 0.1) is 0 Å². The number of sulfone groups is 1. The highest BCUT2D eigenvalue weighted by Gasteiger charge is 2.15. The summed E-state index contributed by atoms with van der Waals surface area (Å²) in [5, 5.41) is 5.44. The summed E-state index contributed by atoms with van der Waals surface area (Å²) >= 11 is 5.22. The van der Waals surface area contributed by atoms with Crippen LogP contribution in [0.2, 0.25) is 0 Å². The molecule has 1 aromatic rings. The van der Waals surface area contributed by atoms with Gasteiger partial charge in [-0.15, -0.1) is 11.3 Å². The molecule has 98 valence electrons. The second-order valence-electron chi connectivity index (χ2n) is 4.02. The fraction of sp³-hybridized carbons (Fsp3) is 0.636. The first kappa shape index (κ1) is 15.1. The molecule has 0 fully saturated rings. The van der Waals surface area contributed by atoms with Crippen LogP contribution < -0.4 is 5.32 Å². The van der Waals surface area contributed by atoms with Crippen LogP contribution in [0.15, 0.2) is 15.9 Å². The zero-order chi connectivity index (χ0) is 12.9. The van der Waals surface area contributed by atoms with Gasteiger partial charge in [-0.1, -0.05) is 6.92 Å². The molecule has 1 aromatic heterocycles. The SMILES string of the molecule is CCNC(CCCS(C)(=O)=O)c1sccc1Br. The molecule has 1 N–H and O–H groups in total. The standard InChI is InChI=1S/C11H18BrNO2S2/c1-3-13-10(5-4-8-17(2,14)15)11-9(12)6-7-16-11/h6-7,10,13H,3-5,8H2,1-2H3. The quantitative estimate of drug-likeness (QED) is 0.830. The molecule has 0 amide bonds. The Hall–Kier alpha value is 0.0900. The topological polar surface area (TPSA) is 46.2 Å². The molecule has 0 aliphatic heterocycles. The van der Waals surface area contributed by atoms with Crippen molar-refractivity contribution >= 4 is 37.1 Å². The van der Waals surface area contributed by atoms with Crippen molar-refractivity contribution < 1.29 is 8.42 Å². The van der Waals surface area contributed by atoms with E-state index >= 15 is 0 Å². The molecule has 1 heterocycles. The van der Waals surface area contributed by atoms with E-state index in [-0.39, 0.29) is 11.8 Å². The first-order chi connectivity index (χ1) is 7.94. The average molecular weight is 340 g/mol. The maximum absolute atomic E-state index is 11.1. The van der Waals surface area contributed by atoms with E-state index in [0.717, 1.165) is 17.4 Å². The molecule has 0 aliphatic carbocycles. The predicted molar refractivity (Wildman–Crippen MR) is 77.4 cm³/mol. The van der Waals surface area contributed by atoms with Crippen LogP contribution in [-0.2, 0) is 9.84 Å². The lowest BCUT2D eigenvalue weighted by Gasteiger charge is -2.16. The molecular weight excluding hydrogens is 322 g/mol. The van der Waals surface area contributed by atoms with Crippen LogP contribution in [0.4, 0.5) is 0 Å². The van der Waals surface area contributed by atoms with Crippen LogP contribution in [0.5, 0.6) is 0 Å². The summed E-state index contributed by atoms with van der Waals surface area (Å²) in [5.74, 6) is 0.262. The maximum Gasteiger partial charge on any atom is 0.147 e. The minimum Gasteiger partial charge on any atom is -0.309 e. The number of hydrogen-bond donors (Lipinski definition) is 1. The number of halogens is 1. The number of nitrogens with one attached hydrogen (secondary N) is 1. The van der Waals surface area contributed by atoms with Gasteiger partial charge in [-0.3, -0.25) is 0 Å². The van der Waals surface area contributed by atoms with Crippen LogP contribution in [0.3, 0.4) is 0 Å². The minimum absolute atomic E-state index is 0.246. The lowest BCUT2D eigenvalue weighted by atomic mass is 10.1. The van der Waals surface area contributed by atoms with Gasteiger partial charge < -0.3 is 5.32 Å². The Balaban J connectivity index is 2.59. The van der Waals surface area contributed by atoms with E-state index in [1.807, 2.05) is 11.4 Å². The largest absolute Gasteiger partial charge is 0.309 e. The Bertz CT molecular complexity index is 442. The van der Waals surface area contributed by atoms with E-state index in [2.05, 4.69) is 28.2 Å². The molecule has 0 bridgehead atoms. The number of thiophene rings is 1.